The molecule has 1 aromatic heterocycles. The van der Waals surface area contributed by atoms with Gasteiger partial charge in [-0.15, -0.1) is 0 Å². The average Bonchev–Trinajstić information content (AvgIpc) is 4.06. The van der Waals surface area contributed by atoms with Crippen LogP contribution in [0.15, 0.2) is 91.1 Å². The van der Waals surface area contributed by atoms with Gasteiger partial charge in [-0.3, -0.25) is 47.9 Å². The molecule has 0 aliphatic rings. The molecule has 0 bridgehead atoms. The number of carboxylic acids is 2. The van der Waals surface area contributed by atoms with Crippen LogP contribution in [0.5, 0.6) is 0 Å². The van der Waals surface area contributed by atoms with Crippen LogP contribution in [-0.4, -0.2) is 147 Å². The fraction of sp³-hybridized carbons (Fsp3) is 0.400. The molecule has 0 spiro atoms. The second-order valence-electron chi connectivity index (χ2n) is 19.9. The third-order valence-corrected chi connectivity index (χ3v) is 12.3. The van der Waals surface area contributed by atoms with Crippen molar-refractivity contribution in [3.05, 3.63) is 120 Å². The molecule has 4 aromatic rings. The van der Waals surface area contributed by atoms with Crippen LogP contribution >= 0.6 is 0 Å². The Morgan fingerprint density at radius 1 is 0.683 bits per heavy atom. The number of primary amides is 1. The summed E-state index contributed by atoms with van der Waals surface area (Å²) < 4.78 is 36.9. The van der Waals surface area contributed by atoms with Crippen LogP contribution in [0.3, 0.4) is 0 Å². The van der Waals surface area contributed by atoms with Gasteiger partial charge in [-0.25, -0.2) is 13.6 Å². The molecule has 0 saturated heterocycles. The van der Waals surface area contributed by atoms with E-state index >= 15 is 4.39 Å². The van der Waals surface area contributed by atoms with Gasteiger partial charge in [-0.2, -0.15) is 0 Å². The Morgan fingerprint density at radius 3 is 1.88 bits per heavy atom. The Morgan fingerprint density at radius 2 is 1.28 bits per heavy atom. The molecule has 9 amide bonds. The van der Waals surface area contributed by atoms with E-state index in [4.69, 9.17) is 15.6 Å². The molecular formula is C55H68F2N10O15. The summed E-state index contributed by atoms with van der Waals surface area (Å²) in [5.74, 6) is -12.5. The van der Waals surface area contributed by atoms with E-state index in [0.29, 0.717) is 11.3 Å². The van der Waals surface area contributed by atoms with Crippen LogP contribution in [0.25, 0.3) is 11.1 Å². The van der Waals surface area contributed by atoms with Crippen molar-refractivity contribution in [2.75, 3.05) is 32.8 Å². The minimum absolute atomic E-state index is 0.102. The fourth-order valence-electron chi connectivity index (χ4n) is 8.34. The number of amides is 9. The highest BCUT2D eigenvalue weighted by Gasteiger charge is 2.39. The number of ether oxygens (including phenoxy) is 1. The summed E-state index contributed by atoms with van der Waals surface area (Å²) in [7, 11) is 0. The van der Waals surface area contributed by atoms with Crippen molar-refractivity contribution in [1.82, 2.24) is 46.7 Å². The van der Waals surface area contributed by atoms with E-state index in [1.54, 1.807) is 86.1 Å². The lowest BCUT2D eigenvalue weighted by atomic mass is 9.82. The van der Waals surface area contributed by atoms with Crippen molar-refractivity contribution in [3.8, 4) is 11.1 Å². The van der Waals surface area contributed by atoms with E-state index < -0.39 is 164 Å². The van der Waals surface area contributed by atoms with Crippen LogP contribution in [0, 0.1) is 17.0 Å². The fourth-order valence-corrected chi connectivity index (χ4v) is 8.34. The molecule has 3 aromatic carbocycles. The Bertz CT molecular complexity index is 2920. The second-order valence-corrected chi connectivity index (χ2v) is 19.9. The molecule has 27 heteroatoms. The first-order chi connectivity index (χ1) is 38.7. The van der Waals surface area contributed by atoms with Gasteiger partial charge in [0.2, 0.25) is 47.3 Å². The van der Waals surface area contributed by atoms with E-state index in [-0.39, 0.29) is 37.4 Å². The first-order valence-electron chi connectivity index (χ1n) is 25.8. The van der Waals surface area contributed by atoms with Crippen molar-refractivity contribution in [3.63, 3.8) is 0 Å². The smallest absolute Gasteiger partial charge is 0.408 e. The van der Waals surface area contributed by atoms with E-state index in [1.165, 1.54) is 11.8 Å². The molecule has 1 heterocycles. The number of hydrogen-bond acceptors (Lipinski definition) is 13. The zero-order chi connectivity index (χ0) is 60.7. The van der Waals surface area contributed by atoms with Gasteiger partial charge in [-0.05, 0) is 54.2 Å². The molecule has 4 rings (SSSR count). The molecule has 0 unspecified atom stereocenters. The van der Waals surface area contributed by atoms with E-state index in [1.807, 2.05) is 12.1 Å². The van der Waals surface area contributed by atoms with E-state index in [2.05, 4.69) is 37.2 Å². The van der Waals surface area contributed by atoms with Gasteiger partial charge in [0.25, 0.3) is 0 Å². The standard InChI is InChI=1S/C55H68F2N10O15/c1-32(62-54(81)82-31-34-13-9-6-10-14-34)50(77)64-41(26-48(75)76)53(80)65-40(25-43(58)69)52(79)63-39(51(78)60-21-20-59-45(71)27-61-44(70)17-18-47(73)74)19-22-67(46(72)30-68)49(55(2,3)4)42-23-35(37-24-36(56)15-16-38(37)57)29-66(42)28-33-11-7-5-8-12-33/h5-16,23-24,29,32,39-41,49,68H,17-22,25-28,30-31H2,1-4H3,(H2,58,69)(H,59,71)(H,60,78)(H,61,70)(H,62,81)(H,63,79)(H,64,77)(H,65,80)(H,73,74)(H,75,76)/t32-,39-,40-,41+,49-/m0/s1. The minimum Gasteiger partial charge on any atom is -0.481 e. The zero-order valence-corrected chi connectivity index (χ0v) is 45.5. The summed E-state index contributed by atoms with van der Waals surface area (Å²) in [6.07, 6.45) is -2.87. The summed E-state index contributed by atoms with van der Waals surface area (Å²) in [6, 6.07) is 13.9. The second kappa shape index (κ2) is 31.5. The maximum atomic E-state index is 15.4. The lowest BCUT2D eigenvalue weighted by Crippen LogP contribution is -2.59. The summed E-state index contributed by atoms with van der Waals surface area (Å²) in [5, 5.41) is 45.3. The van der Waals surface area contributed by atoms with Crippen LogP contribution in [-0.2, 0) is 65.8 Å². The molecule has 0 fully saturated rings. The van der Waals surface area contributed by atoms with Crippen LogP contribution in [0.4, 0.5) is 13.6 Å². The quantitative estimate of drug-likeness (QED) is 0.0315. The monoisotopic (exact) mass is 1150 g/mol. The SMILES string of the molecule is C[C@H](NC(=O)OCc1ccccc1)C(=O)N[C@H](CC(=O)O)C(=O)N[C@@H](CC(N)=O)C(=O)N[C@@H](CCN(C(=O)CO)[C@@H](c1cc(-c2cc(F)ccc2F)cn1Cc1ccccc1)C(C)(C)C)C(=O)NCCNC(=O)CNC(=O)CCC(=O)O. The Kier molecular flexibility index (Phi) is 25.1. The highest BCUT2D eigenvalue weighted by Crippen LogP contribution is 2.41. The number of hydrogen-bond donors (Lipinski definition) is 11. The zero-order valence-electron chi connectivity index (χ0n) is 45.5. The van der Waals surface area contributed by atoms with Crippen LogP contribution in [0.1, 0.15) is 82.7 Å². The number of alkyl carbamates (subject to hydrolysis) is 1. The number of aromatic nitrogens is 1. The highest BCUT2D eigenvalue weighted by molar-refractivity contribution is 5.98. The van der Waals surface area contributed by atoms with Gasteiger partial charge in [0.05, 0.1) is 31.8 Å². The normalized spacial score (nSPS) is 12.9. The molecule has 12 N–H and O–H groups in total. The maximum absolute atomic E-state index is 15.4. The molecule has 82 heavy (non-hydrogen) atoms. The number of aliphatic carboxylic acids is 2. The molecule has 0 aliphatic heterocycles. The molecule has 5 atom stereocenters. The van der Waals surface area contributed by atoms with Gasteiger partial charge in [0, 0.05) is 55.6 Å². The number of benzene rings is 3. The Labute approximate surface area is 470 Å². The predicted octanol–water partition coefficient (Wildman–Crippen LogP) is 1.11. The molecule has 0 saturated carbocycles. The van der Waals surface area contributed by atoms with Gasteiger partial charge >= 0.3 is 18.0 Å². The molecular weight excluding hydrogens is 1080 g/mol. The van der Waals surface area contributed by atoms with Gasteiger partial charge in [-0.1, -0.05) is 81.4 Å². The van der Waals surface area contributed by atoms with Crippen molar-refractivity contribution in [1.29, 1.82) is 0 Å². The van der Waals surface area contributed by atoms with Crippen LogP contribution in [0.2, 0.25) is 0 Å². The predicted molar refractivity (Wildman–Crippen MR) is 288 cm³/mol. The number of nitrogens with zero attached hydrogens (tertiary/aromatic N) is 2. The first-order valence-corrected chi connectivity index (χ1v) is 25.8. The Balaban J connectivity index is 1.66. The Hall–Kier alpha value is -9.27. The van der Waals surface area contributed by atoms with Crippen molar-refractivity contribution in [2.45, 2.75) is 103 Å². The third-order valence-electron chi connectivity index (χ3n) is 12.3. The van der Waals surface area contributed by atoms with E-state index in [9.17, 15) is 67.3 Å². The number of halogens is 2. The molecule has 0 radical (unpaired) electrons. The van der Waals surface area contributed by atoms with Crippen molar-refractivity contribution in [2.24, 2.45) is 11.1 Å². The highest BCUT2D eigenvalue weighted by atomic mass is 19.1. The minimum atomic E-state index is -1.97. The third kappa shape index (κ3) is 21.4. The van der Waals surface area contributed by atoms with Crippen LogP contribution < -0.4 is 43.0 Å². The van der Waals surface area contributed by atoms with E-state index in [0.717, 1.165) is 23.8 Å². The van der Waals surface area contributed by atoms with Gasteiger partial charge in [0.1, 0.15) is 49.0 Å². The lowest BCUT2D eigenvalue weighted by molar-refractivity contribution is -0.141. The first kappa shape index (κ1) is 65.2. The number of carbonyl (C=O) groups is 11. The summed E-state index contributed by atoms with van der Waals surface area (Å²) in [5.41, 5.74) is 6.42. The number of aliphatic hydroxyl groups is 1. The maximum Gasteiger partial charge on any atom is 0.408 e. The number of carbonyl (C=O) groups excluding carboxylic acids is 9. The number of nitrogens with two attached hydrogens (primary N) is 1. The number of aliphatic hydroxyl groups excluding tert-OH is 1. The summed E-state index contributed by atoms with van der Waals surface area (Å²) in [6.45, 7) is 3.78. The van der Waals surface area contributed by atoms with Gasteiger partial charge in [0.15, 0.2) is 0 Å². The summed E-state index contributed by atoms with van der Waals surface area (Å²) in [4.78, 5) is 143. The summed E-state index contributed by atoms with van der Waals surface area (Å²) >= 11 is 0. The topological polar surface area (TPSA) is 376 Å². The lowest BCUT2D eigenvalue weighted by Gasteiger charge is -2.41. The molecule has 25 nitrogen and oxygen atoms in total. The van der Waals surface area contributed by atoms with Gasteiger partial charge < -0.3 is 72.5 Å². The number of nitrogens with one attached hydrogen (secondary N) is 7. The molecule has 0 aliphatic carbocycles. The number of rotatable bonds is 31. The average molecular weight is 1150 g/mol. The van der Waals surface area contributed by atoms with Crippen molar-refractivity contribution < 1.29 is 81.6 Å². The molecule has 442 valence electrons. The largest absolute Gasteiger partial charge is 0.481 e. The van der Waals surface area contributed by atoms with Crippen molar-refractivity contribution >= 4 is 65.3 Å². The number of carboxylic acid groups (broad SMARTS) is 2.